The molecule has 0 radical (unpaired) electrons. The number of carbonyl (C=O) groups is 1. The van der Waals surface area contributed by atoms with Crippen molar-refractivity contribution in [3.63, 3.8) is 0 Å². The second-order valence-electron chi connectivity index (χ2n) is 5.36. The summed E-state index contributed by atoms with van der Waals surface area (Å²) in [4.78, 5) is 14.4. The second-order valence-corrected chi connectivity index (χ2v) is 5.36. The number of aromatic nitrogens is 4. The predicted octanol–water partition coefficient (Wildman–Crippen LogP) is 1.05. The third-order valence-corrected chi connectivity index (χ3v) is 4.06. The van der Waals surface area contributed by atoms with Gasteiger partial charge < -0.3 is 14.4 Å². The van der Waals surface area contributed by atoms with Crippen LogP contribution in [0.3, 0.4) is 0 Å². The first-order chi connectivity index (χ1) is 11.2. The number of benzene rings is 1. The molecule has 1 aromatic carbocycles. The Balaban J connectivity index is 1.82. The number of likely N-dealkylation sites (tertiary alicyclic amines) is 1. The number of tetrazole rings is 1. The number of hydrogen-bond acceptors (Lipinski definition) is 6. The molecule has 0 unspecified atom stereocenters. The first kappa shape index (κ1) is 15.3. The van der Waals surface area contributed by atoms with Gasteiger partial charge in [-0.2, -0.15) is 0 Å². The smallest absolute Gasteiger partial charge is 0.244 e. The number of amides is 1. The van der Waals surface area contributed by atoms with Crippen LogP contribution in [0.25, 0.3) is 0 Å². The Hall–Kier alpha value is -2.64. The van der Waals surface area contributed by atoms with Crippen LogP contribution in [0.4, 0.5) is 0 Å². The van der Waals surface area contributed by atoms with Gasteiger partial charge in [-0.1, -0.05) is 0 Å². The molecule has 0 aliphatic carbocycles. The Morgan fingerprint density at radius 2 is 2.22 bits per heavy atom. The van der Waals surface area contributed by atoms with Crippen LogP contribution in [0.5, 0.6) is 11.5 Å². The van der Waals surface area contributed by atoms with Gasteiger partial charge in [-0.05, 0) is 35.4 Å². The van der Waals surface area contributed by atoms with Crippen LogP contribution in [-0.2, 0) is 11.3 Å². The zero-order valence-corrected chi connectivity index (χ0v) is 13.2. The fraction of sp³-hybridized carbons (Fsp3) is 0.467. The minimum Gasteiger partial charge on any atom is -0.497 e. The molecule has 23 heavy (non-hydrogen) atoms. The molecular formula is C15H19N5O3. The lowest BCUT2D eigenvalue weighted by Crippen LogP contribution is -2.33. The van der Waals surface area contributed by atoms with E-state index in [1.807, 2.05) is 23.1 Å². The van der Waals surface area contributed by atoms with E-state index >= 15 is 0 Å². The molecule has 122 valence electrons. The lowest BCUT2D eigenvalue weighted by molar-refractivity contribution is -0.133. The highest BCUT2D eigenvalue weighted by atomic mass is 16.5. The van der Waals surface area contributed by atoms with Crippen molar-refractivity contribution >= 4 is 5.91 Å². The first-order valence-corrected chi connectivity index (χ1v) is 7.45. The molecule has 3 rings (SSSR count). The maximum absolute atomic E-state index is 12.6. The molecule has 0 saturated carbocycles. The van der Waals surface area contributed by atoms with Crippen molar-refractivity contribution in [3.05, 3.63) is 30.1 Å². The lowest BCUT2D eigenvalue weighted by atomic mass is 10.0. The van der Waals surface area contributed by atoms with E-state index in [0.29, 0.717) is 0 Å². The first-order valence-electron chi connectivity index (χ1n) is 7.45. The van der Waals surface area contributed by atoms with Crippen molar-refractivity contribution in [3.8, 4) is 11.5 Å². The van der Waals surface area contributed by atoms with Crippen LogP contribution in [0.1, 0.15) is 24.4 Å². The summed E-state index contributed by atoms with van der Waals surface area (Å²) in [6.45, 7) is 0.864. The third-order valence-electron chi connectivity index (χ3n) is 4.06. The lowest BCUT2D eigenvalue weighted by Gasteiger charge is -2.26. The third kappa shape index (κ3) is 3.10. The van der Waals surface area contributed by atoms with Crippen molar-refractivity contribution in [2.45, 2.75) is 25.4 Å². The van der Waals surface area contributed by atoms with Crippen molar-refractivity contribution in [1.82, 2.24) is 25.1 Å². The van der Waals surface area contributed by atoms with Crippen LogP contribution in [0.2, 0.25) is 0 Å². The molecule has 0 bridgehead atoms. The average Bonchev–Trinajstić information content (AvgIpc) is 3.25. The Bertz CT molecular complexity index is 674. The normalized spacial score (nSPS) is 17.3. The van der Waals surface area contributed by atoms with Crippen molar-refractivity contribution in [2.24, 2.45) is 0 Å². The molecule has 1 aliphatic heterocycles. The van der Waals surface area contributed by atoms with E-state index in [4.69, 9.17) is 9.47 Å². The van der Waals surface area contributed by atoms with Gasteiger partial charge in [-0.15, -0.1) is 5.10 Å². The average molecular weight is 317 g/mol. The number of rotatable bonds is 5. The molecule has 1 saturated heterocycles. The number of ether oxygens (including phenoxy) is 2. The van der Waals surface area contributed by atoms with E-state index in [9.17, 15) is 4.79 Å². The second kappa shape index (κ2) is 6.64. The van der Waals surface area contributed by atoms with E-state index in [2.05, 4.69) is 15.5 Å². The van der Waals surface area contributed by atoms with Gasteiger partial charge in [0.2, 0.25) is 5.91 Å². The minimum atomic E-state index is -0.00216. The van der Waals surface area contributed by atoms with Gasteiger partial charge >= 0.3 is 0 Å². The monoisotopic (exact) mass is 317 g/mol. The zero-order valence-electron chi connectivity index (χ0n) is 13.2. The Kier molecular flexibility index (Phi) is 4.40. The number of carbonyl (C=O) groups excluding carboxylic acids is 1. The standard InChI is InChI=1S/C15H19N5O3/c1-22-11-5-6-12(14(8-11)23-2)13-4-3-7-20(13)15(21)9-19-10-16-17-18-19/h5-6,8,10,13H,3-4,7,9H2,1-2H3/t13-/m0/s1. The van der Waals surface area contributed by atoms with Crippen LogP contribution in [-0.4, -0.2) is 51.8 Å². The van der Waals surface area contributed by atoms with E-state index in [1.165, 1.54) is 11.0 Å². The maximum atomic E-state index is 12.6. The van der Waals surface area contributed by atoms with Crippen molar-refractivity contribution in [1.29, 1.82) is 0 Å². The summed E-state index contributed by atoms with van der Waals surface area (Å²) in [7, 11) is 3.24. The van der Waals surface area contributed by atoms with Gasteiger partial charge in [0.25, 0.3) is 0 Å². The fourth-order valence-corrected chi connectivity index (χ4v) is 2.96. The Morgan fingerprint density at radius 3 is 2.91 bits per heavy atom. The molecule has 2 heterocycles. The number of methoxy groups -OCH3 is 2. The Morgan fingerprint density at radius 1 is 1.35 bits per heavy atom. The van der Waals surface area contributed by atoms with Gasteiger partial charge in [0.05, 0.1) is 20.3 Å². The predicted molar refractivity (Wildman–Crippen MR) is 81.1 cm³/mol. The van der Waals surface area contributed by atoms with Gasteiger partial charge in [-0.25, -0.2) is 4.68 Å². The van der Waals surface area contributed by atoms with Crippen LogP contribution in [0, 0.1) is 0 Å². The summed E-state index contributed by atoms with van der Waals surface area (Å²) >= 11 is 0. The quantitative estimate of drug-likeness (QED) is 0.820. The van der Waals surface area contributed by atoms with E-state index in [1.54, 1.807) is 14.2 Å². The van der Waals surface area contributed by atoms with Crippen molar-refractivity contribution < 1.29 is 14.3 Å². The summed E-state index contributed by atoms with van der Waals surface area (Å²) in [5.74, 6) is 1.46. The summed E-state index contributed by atoms with van der Waals surface area (Å²) in [6.07, 6.45) is 3.31. The molecule has 0 spiro atoms. The molecule has 1 fully saturated rings. The molecular weight excluding hydrogens is 298 g/mol. The summed E-state index contributed by atoms with van der Waals surface area (Å²) < 4.78 is 12.1. The molecule has 1 aliphatic rings. The fourth-order valence-electron chi connectivity index (χ4n) is 2.96. The van der Waals surface area contributed by atoms with Gasteiger partial charge in [0.1, 0.15) is 24.4 Å². The van der Waals surface area contributed by atoms with Crippen molar-refractivity contribution in [2.75, 3.05) is 20.8 Å². The van der Waals surface area contributed by atoms with E-state index < -0.39 is 0 Å². The zero-order chi connectivity index (χ0) is 16.2. The molecule has 0 N–H and O–H groups in total. The Labute approximate surface area is 134 Å². The van der Waals surface area contributed by atoms with Crippen LogP contribution < -0.4 is 9.47 Å². The molecule has 8 heteroatoms. The summed E-state index contributed by atoms with van der Waals surface area (Å²) in [5, 5.41) is 10.9. The van der Waals surface area contributed by atoms with Crippen LogP contribution >= 0.6 is 0 Å². The molecule has 1 aromatic heterocycles. The van der Waals surface area contributed by atoms with Gasteiger partial charge in [-0.3, -0.25) is 4.79 Å². The highest BCUT2D eigenvalue weighted by Gasteiger charge is 2.32. The number of nitrogens with zero attached hydrogens (tertiary/aromatic N) is 5. The van der Waals surface area contributed by atoms with Gasteiger partial charge in [0.15, 0.2) is 0 Å². The summed E-state index contributed by atoms with van der Waals surface area (Å²) in [5.41, 5.74) is 0.996. The maximum Gasteiger partial charge on any atom is 0.244 e. The largest absolute Gasteiger partial charge is 0.497 e. The SMILES string of the molecule is COc1ccc([C@@H]2CCCN2C(=O)Cn2cnnn2)c(OC)c1. The minimum absolute atomic E-state index is 0.000151. The topological polar surface area (TPSA) is 82.4 Å². The molecule has 1 atom stereocenters. The molecule has 2 aromatic rings. The highest BCUT2D eigenvalue weighted by molar-refractivity contribution is 5.77. The van der Waals surface area contributed by atoms with Crippen LogP contribution in [0.15, 0.2) is 24.5 Å². The van der Waals surface area contributed by atoms with E-state index in [-0.39, 0.29) is 18.5 Å². The number of hydrogen-bond donors (Lipinski definition) is 0. The molecule has 1 amide bonds. The highest BCUT2D eigenvalue weighted by Crippen LogP contribution is 2.38. The molecule has 8 nitrogen and oxygen atoms in total. The van der Waals surface area contributed by atoms with Gasteiger partial charge in [0, 0.05) is 18.2 Å². The summed E-state index contributed by atoms with van der Waals surface area (Å²) in [6, 6.07) is 5.70. The van der Waals surface area contributed by atoms with E-state index in [0.717, 1.165) is 36.4 Å².